The normalized spacial score (nSPS) is 14.8. The van der Waals surface area contributed by atoms with Crippen molar-refractivity contribution in [2.45, 2.75) is 38.1 Å². The first-order valence-electron chi connectivity index (χ1n) is 7.97. The third-order valence-corrected chi connectivity index (χ3v) is 5.51. The Balaban J connectivity index is 1.87. The van der Waals surface area contributed by atoms with Crippen molar-refractivity contribution in [2.75, 3.05) is 0 Å². The van der Waals surface area contributed by atoms with E-state index >= 15 is 0 Å². The molecule has 0 spiro atoms. The number of hydrogen-bond acceptors (Lipinski definition) is 5. The van der Waals surface area contributed by atoms with Crippen LogP contribution >= 0.6 is 11.3 Å². The van der Waals surface area contributed by atoms with Crippen LogP contribution in [0.1, 0.15) is 35.7 Å². The van der Waals surface area contributed by atoms with E-state index < -0.39 is 11.3 Å². The molecule has 24 heavy (non-hydrogen) atoms. The van der Waals surface area contributed by atoms with E-state index in [1.54, 1.807) is 11.3 Å². The molecule has 3 aromatic rings. The Morgan fingerprint density at radius 2 is 2.08 bits per heavy atom. The van der Waals surface area contributed by atoms with Gasteiger partial charge in [-0.2, -0.15) is 0 Å². The highest BCUT2D eigenvalue weighted by Crippen LogP contribution is 2.29. The fourth-order valence-electron chi connectivity index (χ4n) is 3.12. The van der Waals surface area contributed by atoms with Crippen LogP contribution in [0.5, 0.6) is 0 Å². The van der Waals surface area contributed by atoms with E-state index in [0.29, 0.717) is 17.4 Å². The van der Waals surface area contributed by atoms with Crippen molar-refractivity contribution in [2.24, 2.45) is 0 Å². The Bertz CT molecular complexity index is 1050. The van der Waals surface area contributed by atoms with E-state index in [4.69, 9.17) is 4.42 Å². The molecule has 0 amide bonds. The van der Waals surface area contributed by atoms with Gasteiger partial charge in [0.25, 0.3) is 5.56 Å². The second-order valence-corrected chi connectivity index (χ2v) is 7.10. The van der Waals surface area contributed by atoms with Crippen LogP contribution in [0.4, 0.5) is 0 Å². The van der Waals surface area contributed by atoms with Crippen molar-refractivity contribution in [3.63, 3.8) is 0 Å². The van der Waals surface area contributed by atoms with Gasteiger partial charge < -0.3 is 4.42 Å². The number of thiophene rings is 1. The molecule has 1 aliphatic carbocycles. The first-order chi connectivity index (χ1) is 11.6. The molecule has 0 radical (unpaired) electrons. The van der Waals surface area contributed by atoms with Gasteiger partial charge in [-0.1, -0.05) is 6.07 Å². The predicted octanol–water partition coefficient (Wildman–Crippen LogP) is 2.21. The van der Waals surface area contributed by atoms with Crippen molar-refractivity contribution in [3.05, 3.63) is 65.3 Å². The lowest BCUT2D eigenvalue weighted by Gasteiger charge is -2.26. The van der Waals surface area contributed by atoms with E-state index in [-0.39, 0.29) is 17.3 Å². The summed E-state index contributed by atoms with van der Waals surface area (Å²) < 4.78 is 6.34. The Morgan fingerprint density at radius 3 is 2.75 bits per heavy atom. The van der Waals surface area contributed by atoms with E-state index in [9.17, 15) is 14.4 Å². The van der Waals surface area contributed by atoms with E-state index in [0.717, 1.165) is 25.7 Å². The Kier molecular flexibility index (Phi) is 3.72. The van der Waals surface area contributed by atoms with Crippen LogP contribution in [-0.2, 0) is 12.8 Å². The molecule has 0 aliphatic heterocycles. The summed E-state index contributed by atoms with van der Waals surface area (Å²) in [5.41, 5.74) is -0.808. The molecule has 3 aromatic heterocycles. The highest BCUT2D eigenvalue weighted by molar-refractivity contribution is 7.09. The van der Waals surface area contributed by atoms with Crippen LogP contribution in [0.25, 0.3) is 11.1 Å². The number of fused-ring (bicyclic) bond motifs is 1. The fraction of sp³-hybridized carbons (Fsp3) is 0.353. The summed E-state index contributed by atoms with van der Waals surface area (Å²) in [4.78, 5) is 40.6. The van der Waals surface area contributed by atoms with Crippen LogP contribution in [-0.4, -0.2) is 9.55 Å². The highest BCUT2D eigenvalue weighted by Gasteiger charge is 2.25. The second-order valence-electron chi connectivity index (χ2n) is 6.06. The quantitative estimate of drug-likeness (QED) is 0.786. The van der Waals surface area contributed by atoms with Gasteiger partial charge in [-0.05, 0) is 49.1 Å². The third-order valence-electron chi connectivity index (χ3n) is 4.58. The average molecular weight is 344 g/mol. The van der Waals surface area contributed by atoms with Gasteiger partial charge in [0.05, 0.1) is 0 Å². The molecule has 0 bridgehead atoms. The van der Waals surface area contributed by atoms with Crippen LogP contribution < -0.4 is 16.9 Å². The lowest BCUT2D eigenvalue weighted by atomic mass is 9.93. The van der Waals surface area contributed by atoms with Crippen molar-refractivity contribution >= 4 is 22.4 Å². The summed E-state index contributed by atoms with van der Waals surface area (Å²) >= 11 is 1.64. The van der Waals surface area contributed by atoms with Gasteiger partial charge in [-0.25, -0.2) is 9.59 Å². The first-order valence-corrected chi connectivity index (χ1v) is 8.85. The standard InChI is InChI=1S/C17H16N2O4S/c20-13-9-10(6-7-12-5-2-8-24-12)14-15(23-13)18-17(22)19(16(14)21)11-3-1-4-11/h2,5,8-9,11H,1,3-4,6-7H2,(H,18,22). The lowest BCUT2D eigenvalue weighted by molar-refractivity contribution is 0.297. The van der Waals surface area contributed by atoms with Crippen LogP contribution in [0, 0.1) is 0 Å². The van der Waals surface area contributed by atoms with Gasteiger partial charge in [-0.3, -0.25) is 14.3 Å². The average Bonchev–Trinajstić information content (AvgIpc) is 2.99. The smallest absolute Gasteiger partial charge is 0.337 e. The minimum absolute atomic E-state index is 0.0192. The van der Waals surface area contributed by atoms with E-state index in [2.05, 4.69) is 4.98 Å². The molecule has 0 aromatic carbocycles. The number of H-pyrrole nitrogens is 1. The number of rotatable bonds is 4. The SMILES string of the molecule is O=c1cc(CCc2cccs2)c2c(=O)n(C3CCC3)c(=O)[nH]c2o1. The van der Waals surface area contributed by atoms with Gasteiger partial charge in [0.1, 0.15) is 5.39 Å². The minimum Gasteiger partial charge on any atom is -0.405 e. The lowest BCUT2D eigenvalue weighted by Crippen LogP contribution is -2.41. The molecule has 1 aliphatic rings. The number of hydrogen-bond donors (Lipinski definition) is 1. The Hall–Kier alpha value is -2.41. The van der Waals surface area contributed by atoms with Gasteiger partial charge in [0.15, 0.2) is 0 Å². The van der Waals surface area contributed by atoms with Gasteiger partial charge in [0, 0.05) is 17.0 Å². The first kappa shape index (κ1) is 15.1. The molecule has 1 fully saturated rings. The second kappa shape index (κ2) is 5.90. The molecule has 0 saturated heterocycles. The van der Waals surface area contributed by atoms with Gasteiger partial charge in [0.2, 0.25) is 5.71 Å². The summed E-state index contributed by atoms with van der Waals surface area (Å²) in [6.07, 6.45) is 3.96. The van der Waals surface area contributed by atoms with Crippen molar-refractivity contribution in [1.29, 1.82) is 0 Å². The monoisotopic (exact) mass is 344 g/mol. The zero-order valence-electron chi connectivity index (χ0n) is 12.9. The number of nitrogens with one attached hydrogen (secondary N) is 1. The molecule has 0 unspecified atom stereocenters. The summed E-state index contributed by atoms with van der Waals surface area (Å²) in [6, 6.07) is 5.30. The molecular weight excluding hydrogens is 328 g/mol. The maximum atomic E-state index is 12.9. The number of aromatic nitrogens is 2. The van der Waals surface area contributed by atoms with Gasteiger partial charge >= 0.3 is 11.3 Å². The molecule has 1 saturated carbocycles. The van der Waals surface area contributed by atoms with Gasteiger partial charge in [-0.15, -0.1) is 11.3 Å². The predicted molar refractivity (Wildman–Crippen MR) is 92.0 cm³/mol. The maximum Gasteiger partial charge on any atom is 0.337 e. The zero-order chi connectivity index (χ0) is 16.7. The van der Waals surface area contributed by atoms with Crippen LogP contribution in [0.15, 0.2) is 42.4 Å². The summed E-state index contributed by atoms with van der Waals surface area (Å²) in [6.45, 7) is 0. The number of nitrogens with zero attached hydrogens (tertiary/aromatic N) is 1. The van der Waals surface area contributed by atoms with Crippen LogP contribution in [0.3, 0.4) is 0 Å². The summed E-state index contributed by atoms with van der Waals surface area (Å²) in [7, 11) is 0. The third kappa shape index (κ3) is 2.54. The molecule has 1 N–H and O–H groups in total. The summed E-state index contributed by atoms with van der Waals surface area (Å²) in [5.74, 6) is 0. The molecular formula is C17H16N2O4S. The van der Waals surface area contributed by atoms with Crippen molar-refractivity contribution in [3.8, 4) is 0 Å². The number of aryl methyl sites for hydroxylation is 2. The Morgan fingerprint density at radius 1 is 1.25 bits per heavy atom. The van der Waals surface area contributed by atoms with Crippen LogP contribution in [0.2, 0.25) is 0 Å². The Labute approximate surface area is 140 Å². The molecule has 3 heterocycles. The largest absolute Gasteiger partial charge is 0.405 e. The molecule has 4 rings (SSSR count). The molecule has 7 heteroatoms. The number of aromatic amines is 1. The zero-order valence-corrected chi connectivity index (χ0v) is 13.7. The van der Waals surface area contributed by atoms with Crippen molar-refractivity contribution < 1.29 is 4.42 Å². The molecule has 6 nitrogen and oxygen atoms in total. The minimum atomic E-state index is -0.555. The van der Waals surface area contributed by atoms with Crippen molar-refractivity contribution in [1.82, 2.24) is 9.55 Å². The molecule has 124 valence electrons. The highest BCUT2D eigenvalue weighted by atomic mass is 32.1. The summed E-state index contributed by atoms with van der Waals surface area (Å²) in [5, 5.41) is 2.31. The maximum absolute atomic E-state index is 12.9. The fourth-order valence-corrected chi connectivity index (χ4v) is 3.83. The van der Waals surface area contributed by atoms with E-state index in [1.807, 2.05) is 17.5 Å². The molecule has 0 atom stereocenters. The topological polar surface area (TPSA) is 85.1 Å². The van der Waals surface area contributed by atoms with E-state index in [1.165, 1.54) is 15.5 Å².